The molecule has 4 saturated carbocycles. The number of benzene rings is 1. The van der Waals surface area contributed by atoms with Crippen molar-refractivity contribution in [3.05, 3.63) is 35.9 Å². The minimum atomic E-state index is -0.626. The van der Waals surface area contributed by atoms with Crippen LogP contribution in [-0.4, -0.2) is 28.5 Å². The summed E-state index contributed by atoms with van der Waals surface area (Å²) in [5, 5.41) is 11.1. The summed E-state index contributed by atoms with van der Waals surface area (Å²) in [7, 11) is 0. The molecule has 146 valence electrons. The van der Waals surface area contributed by atoms with Crippen LogP contribution in [0.15, 0.2) is 35.3 Å². The third-order valence-electron chi connectivity index (χ3n) is 6.67. The van der Waals surface area contributed by atoms with Crippen LogP contribution in [0.25, 0.3) is 0 Å². The Morgan fingerprint density at radius 2 is 1.74 bits per heavy atom. The minimum Gasteiger partial charge on any atom is -0.458 e. The molecule has 0 amide bonds. The molecule has 1 aromatic rings. The van der Waals surface area contributed by atoms with Gasteiger partial charge in [0.05, 0.1) is 17.7 Å². The van der Waals surface area contributed by atoms with Crippen LogP contribution in [0.2, 0.25) is 0 Å². The molecule has 27 heavy (non-hydrogen) atoms. The van der Waals surface area contributed by atoms with Gasteiger partial charge in [-0.3, -0.25) is 4.99 Å². The van der Waals surface area contributed by atoms with Gasteiger partial charge in [-0.05, 0) is 76.7 Å². The van der Waals surface area contributed by atoms with Gasteiger partial charge >= 0.3 is 5.97 Å². The highest BCUT2D eigenvalue weighted by Crippen LogP contribution is 2.62. The molecule has 4 bridgehead atoms. The number of nitrogens with zero attached hydrogens (tertiary/aromatic N) is 1. The predicted octanol–water partition coefficient (Wildman–Crippen LogP) is 4.47. The van der Waals surface area contributed by atoms with E-state index in [0.717, 1.165) is 31.2 Å². The second-order valence-corrected chi connectivity index (χ2v) is 9.48. The smallest absolute Gasteiger partial charge is 0.353 e. The zero-order valence-corrected chi connectivity index (χ0v) is 16.6. The zero-order chi connectivity index (χ0) is 19.2. The number of aliphatic hydroxyl groups is 1. The van der Waals surface area contributed by atoms with E-state index >= 15 is 0 Å². The molecule has 4 heteroatoms. The Balaban J connectivity index is 1.72. The van der Waals surface area contributed by atoms with Gasteiger partial charge in [-0.1, -0.05) is 30.3 Å². The van der Waals surface area contributed by atoms with Crippen molar-refractivity contribution in [3.63, 3.8) is 0 Å². The van der Waals surface area contributed by atoms with Gasteiger partial charge in [0.1, 0.15) is 5.71 Å². The first-order valence-corrected chi connectivity index (χ1v) is 10.4. The number of aliphatic imine (C=N–C) groups is 1. The molecule has 4 aliphatic carbocycles. The lowest BCUT2D eigenvalue weighted by Gasteiger charge is -2.60. The Hall–Kier alpha value is -1.68. The molecule has 5 rings (SSSR count). The lowest BCUT2D eigenvalue weighted by atomic mass is 9.46. The molecule has 4 fully saturated rings. The second kappa shape index (κ2) is 6.73. The van der Waals surface area contributed by atoms with Gasteiger partial charge in [0, 0.05) is 5.41 Å². The van der Waals surface area contributed by atoms with E-state index in [0.29, 0.717) is 24.0 Å². The number of carbonyl (C=O) groups excluding carboxylic acids is 1. The summed E-state index contributed by atoms with van der Waals surface area (Å²) >= 11 is 0. The van der Waals surface area contributed by atoms with Gasteiger partial charge in [0.25, 0.3) is 0 Å². The molecule has 4 aliphatic rings. The fourth-order valence-electron chi connectivity index (χ4n) is 6.17. The van der Waals surface area contributed by atoms with E-state index in [4.69, 9.17) is 9.73 Å². The number of hydrogen-bond acceptors (Lipinski definition) is 4. The fraction of sp³-hybridized carbons (Fsp3) is 0.652. The van der Waals surface area contributed by atoms with Crippen LogP contribution >= 0.6 is 0 Å². The van der Waals surface area contributed by atoms with Crippen molar-refractivity contribution < 1.29 is 14.6 Å². The van der Waals surface area contributed by atoms with E-state index in [2.05, 4.69) is 0 Å². The van der Waals surface area contributed by atoms with Crippen LogP contribution in [-0.2, 0) is 9.53 Å². The molecular formula is C23H31NO3. The molecular weight excluding hydrogens is 338 g/mol. The Morgan fingerprint density at radius 3 is 2.30 bits per heavy atom. The number of carbonyl (C=O) groups is 1. The van der Waals surface area contributed by atoms with Crippen molar-refractivity contribution in [1.82, 2.24) is 0 Å². The van der Waals surface area contributed by atoms with E-state index in [9.17, 15) is 9.90 Å². The molecule has 0 heterocycles. The number of ether oxygens (including phenoxy) is 1. The second-order valence-electron chi connectivity index (χ2n) is 9.48. The van der Waals surface area contributed by atoms with Crippen LogP contribution in [0.5, 0.6) is 0 Å². The lowest BCUT2D eigenvalue weighted by Crippen LogP contribution is -2.59. The van der Waals surface area contributed by atoms with Crippen molar-refractivity contribution in [3.8, 4) is 0 Å². The topological polar surface area (TPSA) is 58.9 Å². The molecule has 0 radical (unpaired) electrons. The molecule has 1 aromatic carbocycles. The first-order valence-electron chi connectivity index (χ1n) is 10.4. The van der Waals surface area contributed by atoms with Crippen molar-refractivity contribution in [2.75, 3.05) is 0 Å². The summed E-state index contributed by atoms with van der Waals surface area (Å²) < 4.78 is 5.62. The molecule has 0 spiro atoms. The average Bonchev–Trinajstić information content (AvgIpc) is 2.57. The van der Waals surface area contributed by atoms with Crippen LogP contribution in [0, 0.1) is 17.3 Å². The Kier molecular flexibility index (Phi) is 4.66. The van der Waals surface area contributed by atoms with Crippen LogP contribution in [0.4, 0.5) is 0 Å². The first-order chi connectivity index (χ1) is 12.8. The third kappa shape index (κ3) is 3.56. The van der Waals surface area contributed by atoms with Crippen LogP contribution < -0.4 is 0 Å². The largest absolute Gasteiger partial charge is 0.458 e. The summed E-state index contributed by atoms with van der Waals surface area (Å²) in [6.07, 6.45) is 5.34. The molecule has 0 aliphatic heterocycles. The molecule has 2 unspecified atom stereocenters. The Labute approximate surface area is 162 Å². The normalized spacial score (nSPS) is 36.1. The highest BCUT2D eigenvalue weighted by atomic mass is 16.5. The van der Waals surface area contributed by atoms with E-state index in [1.807, 2.05) is 51.1 Å². The predicted molar refractivity (Wildman–Crippen MR) is 106 cm³/mol. The maximum Gasteiger partial charge on any atom is 0.353 e. The summed E-state index contributed by atoms with van der Waals surface area (Å²) in [6.45, 7) is 5.79. The SMILES string of the molecule is CC(C)OC(=O)C(=N[C@H](C)c1ccccc1)C12CC3CC(CC(O)(C3)C1)C2. The number of hydrogen-bond donors (Lipinski definition) is 1. The van der Waals surface area contributed by atoms with E-state index in [1.165, 1.54) is 6.42 Å². The van der Waals surface area contributed by atoms with Gasteiger partial charge in [-0.15, -0.1) is 0 Å². The average molecular weight is 370 g/mol. The molecule has 0 aromatic heterocycles. The quantitative estimate of drug-likeness (QED) is 0.615. The van der Waals surface area contributed by atoms with Crippen molar-refractivity contribution in [2.45, 2.75) is 77.0 Å². The highest BCUT2D eigenvalue weighted by molar-refractivity contribution is 6.38. The maximum atomic E-state index is 13.1. The number of rotatable bonds is 5. The van der Waals surface area contributed by atoms with Gasteiger partial charge in [-0.25, -0.2) is 4.79 Å². The highest BCUT2D eigenvalue weighted by Gasteiger charge is 2.60. The summed E-state index contributed by atoms with van der Waals surface area (Å²) in [5.74, 6) is 0.707. The van der Waals surface area contributed by atoms with Gasteiger partial charge < -0.3 is 9.84 Å². The Morgan fingerprint density at radius 1 is 1.11 bits per heavy atom. The molecule has 0 saturated heterocycles. The number of esters is 1. The van der Waals surface area contributed by atoms with E-state index < -0.39 is 5.60 Å². The van der Waals surface area contributed by atoms with E-state index in [-0.39, 0.29) is 23.5 Å². The van der Waals surface area contributed by atoms with Gasteiger partial charge in [-0.2, -0.15) is 0 Å². The van der Waals surface area contributed by atoms with Gasteiger partial charge in [0.2, 0.25) is 0 Å². The summed E-state index contributed by atoms with van der Waals surface area (Å²) in [6, 6.07) is 9.98. The molecule has 1 N–H and O–H groups in total. The molecule has 4 nitrogen and oxygen atoms in total. The standard InChI is InChI=1S/C23H31NO3/c1-15(2)27-21(25)20(24-16(3)19-7-5-4-6-8-19)22-10-17-9-18(11-22)13-23(26,12-17)14-22/h4-8,15-18,26H,9-14H2,1-3H3/t16-,17?,18?,22?,23?/m1/s1. The monoisotopic (exact) mass is 369 g/mol. The van der Waals surface area contributed by atoms with Crippen molar-refractivity contribution in [1.29, 1.82) is 0 Å². The van der Waals surface area contributed by atoms with Crippen LogP contribution in [0.3, 0.4) is 0 Å². The summed E-state index contributed by atoms with van der Waals surface area (Å²) in [5.41, 5.74) is 0.711. The minimum absolute atomic E-state index is 0.108. The van der Waals surface area contributed by atoms with Gasteiger partial charge in [0.15, 0.2) is 0 Å². The van der Waals surface area contributed by atoms with Crippen molar-refractivity contribution >= 4 is 11.7 Å². The maximum absolute atomic E-state index is 13.1. The Bertz CT molecular complexity index is 725. The third-order valence-corrected chi connectivity index (χ3v) is 6.67. The van der Waals surface area contributed by atoms with E-state index in [1.54, 1.807) is 0 Å². The zero-order valence-electron chi connectivity index (χ0n) is 16.6. The van der Waals surface area contributed by atoms with Crippen molar-refractivity contribution in [2.24, 2.45) is 22.2 Å². The fourth-order valence-corrected chi connectivity index (χ4v) is 6.17. The lowest BCUT2D eigenvalue weighted by molar-refractivity contribution is -0.150. The summed E-state index contributed by atoms with van der Waals surface area (Å²) in [4.78, 5) is 18.1. The first kappa shape index (κ1) is 18.7. The van der Waals surface area contributed by atoms with Crippen LogP contribution in [0.1, 0.15) is 70.9 Å². The molecule has 3 atom stereocenters.